The Kier molecular flexibility index (Phi) is 5.38. The molecule has 0 aliphatic carbocycles. The second-order valence-corrected chi connectivity index (χ2v) is 4.37. The number of hydrogen-bond acceptors (Lipinski definition) is 3. The van der Waals surface area contributed by atoms with E-state index in [1.54, 1.807) is 0 Å². The Morgan fingerprint density at radius 3 is 2.71 bits per heavy atom. The highest BCUT2D eigenvalue weighted by Crippen LogP contribution is 2.18. The first kappa shape index (κ1) is 13.9. The minimum absolute atomic E-state index is 0.0324. The Labute approximate surface area is 108 Å². The standard InChI is InChI=1S/C13H19NO2S/c1-4-15-8-10(3)16-11-5-6-12(13(14)17)9(2)7-11/h5-7,10H,4,8H2,1-3H3,(H2,14,17). The van der Waals surface area contributed by atoms with Crippen LogP contribution in [-0.2, 0) is 4.74 Å². The highest BCUT2D eigenvalue weighted by atomic mass is 32.1. The molecular weight excluding hydrogens is 234 g/mol. The van der Waals surface area contributed by atoms with E-state index in [0.717, 1.165) is 16.9 Å². The van der Waals surface area contributed by atoms with E-state index in [4.69, 9.17) is 27.4 Å². The molecule has 0 fully saturated rings. The first-order valence-corrected chi connectivity index (χ1v) is 6.10. The normalized spacial score (nSPS) is 12.2. The van der Waals surface area contributed by atoms with Crippen molar-refractivity contribution in [3.05, 3.63) is 29.3 Å². The maximum absolute atomic E-state index is 5.72. The summed E-state index contributed by atoms with van der Waals surface area (Å²) in [4.78, 5) is 0.413. The fourth-order valence-electron chi connectivity index (χ4n) is 1.54. The summed E-state index contributed by atoms with van der Waals surface area (Å²) in [6.07, 6.45) is 0.0324. The summed E-state index contributed by atoms with van der Waals surface area (Å²) in [5.41, 5.74) is 7.52. The Hall–Kier alpha value is -1.13. The number of ether oxygens (including phenoxy) is 2. The molecule has 0 bridgehead atoms. The molecule has 1 aromatic rings. The van der Waals surface area contributed by atoms with Gasteiger partial charge in [-0.25, -0.2) is 0 Å². The Morgan fingerprint density at radius 1 is 1.47 bits per heavy atom. The number of nitrogens with two attached hydrogens (primary N) is 1. The predicted octanol–water partition coefficient (Wildman–Crippen LogP) is 2.43. The van der Waals surface area contributed by atoms with E-state index in [1.165, 1.54) is 0 Å². The second-order valence-electron chi connectivity index (χ2n) is 3.93. The van der Waals surface area contributed by atoms with E-state index < -0.39 is 0 Å². The molecule has 2 N–H and O–H groups in total. The summed E-state index contributed by atoms with van der Waals surface area (Å²) in [5, 5.41) is 0. The van der Waals surface area contributed by atoms with Crippen molar-refractivity contribution in [2.45, 2.75) is 26.9 Å². The lowest BCUT2D eigenvalue weighted by atomic mass is 10.1. The molecular formula is C13H19NO2S. The van der Waals surface area contributed by atoms with Crippen molar-refractivity contribution in [3.8, 4) is 5.75 Å². The third-order valence-electron chi connectivity index (χ3n) is 2.36. The molecule has 0 saturated heterocycles. The zero-order valence-electron chi connectivity index (χ0n) is 10.5. The van der Waals surface area contributed by atoms with E-state index in [2.05, 4.69) is 0 Å². The monoisotopic (exact) mass is 253 g/mol. The summed E-state index contributed by atoms with van der Waals surface area (Å²) in [7, 11) is 0. The smallest absolute Gasteiger partial charge is 0.120 e. The van der Waals surface area contributed by atoms with Crippen molar-refractivity contribution >= 4 is 17.2 Å². The predicted molar refractivity (Wildman–Crippen MR) is 73.6 cm³/mol. The molecule has 4 heteroatoms. The van der Waals surface area contributed by atoms with Crippen molar-refractivity contribution in [1.82, 2.24) is 0 Å². The molecule has 1 aromatic carbocycles. The molecule has 1 unspecified atom stereocenters. The fourth-order valence-corrected chi connectivity index (χ4v) is 1.77. The van der Waals surface area contributed by atoms with Crippen LogP contribution in [0.4, 0.5) is 0 Å². The second kappa shape index (κ2) is 6.57. The minimum Gasteiger partial charge on any atom is -0.488 e. The topological polar surface area (TPSA) is 44.5 Å². The van der Waals surface area contributed by atoms with Crippen molar-refractivity contribution in [1.29, 1.82) is 0 Å². The third kappa shape index (κ3) is 4.32. The maximum atomic E-state index is 5.72. The van der Waals surface area contributed by atoms with Gasteiger partial charge in [0.15, 0.2) is 0 Å². The molecule has 17 heavy (non-hydrogen) atoms. The van der Waals surface area contributed by atoms with Gasteiger partial charge in [0.05, 0.1) is 6.61 Å². The summed E-state index contributed by atoms with van der Waals surface area (Å²) in [5.74, 6) is 0.815. The Balaban J connectivity index is 2.67. The quantitative estimate of drug-likeness (QED) is 0.791. The number of rotatable bonds is 6. The van der Waals surface area contributed by atoms with Gasteiger partial charge in [0, 0.05) is 12.2 Å². The van der Waals surface area contributed by atoms with Gasteiger partial charge in [0.1, 0.15) is 16.8 Å². The first-order chi connectivity index (χ1) is 8.04. The molecule has 0 spiro atoms. The van der Waals surface area contributed by atoms with Crippen LogP contribution in [-0.4, -0.2) is 24.3 Å². The van der Waals surface area contributed by atoms with Crippen molar-refractivity contribution < 1.29 is 9.47 Å². The zero-order chi connectivity index (χ0) is 12.8. The highest BCUT2D eigenvalue weighted by Gasteiger charge is 2.07. The molecule has 1 rings (SSSR count). The van der Waals surface area contributed by atoms with Gasteiger partial charge in [0.25, 0.3) is 0 Å². The lowest BCUT2D eigenvalue weighted by molar-refractivity contribution is 0.0657. The van der Waals surface area contributed by atoms with Crippen LogP contribution < -0.4 is 10.5 Å². The zero-order valence-corrected chi connectivity index (χ0v) is 11.3. The minimum atomic E-state index is 0.0324. The molecule has 1 atom stereocenters. The molecule has 3 nitrogen and oxygen atoms in total. The molecule has 0 saturated carbocycles. The van der Waals surface area contributed by atoms with Gasteiger partial charge in [-0.3, -0.25) is 0 Å². The maximum Gasteiger partial charge on any atom is 0.120 e. The van der Waals surface area contributed by atoms with Gasteiger partial charge in [-0.1, -0.05) is 12.2 Å². The molecule has 94 valence electrons. The van der Waals surface area contributed by atoms with Gasteiger partial charge >= 0.3 is 0 Å². The fraction of sp³-hybridized carbons (Fsp3) is 0.462. The Bertz CT molecular complexity index is 393. The van der Waals surface area contributed by atoms with Gasteiger partial charge in [-0.15, -0.1) is 0 Å². The van der Waals surface area contributed by atoms with E-state index in [9.17, 15) is 0 Å². The van der Waals surface area contributed by atoms with Crippen LogP contribution >= 0.6 is 12.2 Å². The van der Waals surface area contributed by atoms with Crippen LogP contribution in [0.15, 0.2) is 18.2 Å². The van der Waals surface area contributed by atoms with Gasteiger partial charge in [-0.05, 0) is 44.5 Å². The van der Waals surface area contributed by atoms with E-state index >= 15 is 0 Å². The summed E-state index contributed by atoms with van der Waals surface area (Å²) >= 11 is 4.95. The first-order valence-electron chi connectivity index (χ1n) is 5.69. The lowest BCUT2D eigenvalue weighted by Crippen LogP contribution is -2.19. The van der Waals surface area contributed by atoms with Crippen LogP contribution in [0.25, 0.3) is 0 Å². The van der Waals surface area contributed by atoms with Gasteiger partial charge in [0.2, 0.25) is 0 Å². The number of hydrogen-bond donors (Lipinski definition) is 1. The molecule has 0 amide bonds. The third-order valence-corrected chi connectivity index (χ3v) is 2.58. The van der Waals surface area contributed by atoms with Gasteiger partial charge < -0.3 is 15.2 Å². The number of aryl methyl sites for hydroxylation is 1. The summed E-state index contributed by atoms with van der Waals surface area (Å²) in [6.45, 7) is 7.20. The number of thiocarbonyl (C=S) groups is 1. The van der Waals surface area contributed by atoms with E-state index in [1.807, 2.05) is 39.0 Å². The Morgan fingerprint density at radius 2 is 2.18 bits per heavy atom. The average Bonchev–Trinajstić information content (AvgIpc) is 2.26. The molecule has 0 aromatic heterocycles. The molecule has 0 aliphatic heterocycles. The van der Waals surface area contributed by atoms with Gasteiger partial charge in [-0.2, -0.15) is 0 Å². The van der Waals surface area contributed by atoms with Crippen molar-refractivity contribution in [2.75, 3.05) is 13.2 Å². The van der Waals surface area contributed by atoms with Crippen molar-refractivity contribution in [2.24, 2.45) is 5.73 Å². The molecule has 0 radical (unpaired) electrons. The molecule has 0 heterocycles. The van der Waals surface area contributed by atoms with E-state index in [-0.39, 0.29) is 6.10 Å². The van der Waals surface area contributed by atoms with Crippen LogP contribution in [0.2, 0.25) is 0 Å². The van der Waals surface area contributed by atoms with Crippen LogP contribution in [0.3, 0.4) is 0 Å². The number of benzene rings is 1. The van der Waals surface area contributed by atoms with Crippen LogP contribution in [0.5, 0.6) is 5.75 Å². The average molecular weight is 253 g/mol. The van der Waals surface area contributed by atoms with Crippen LogP contribution in [0.1, 0.15) is 25.0 Å². The summed E-state index contributed by atoms with van der Waals surface area (Å²) in [6, 6.07) is 5.71. The lowest BCUT2D eigenvalue weighted by Gasteiger charge is -2.15. The largest absolute Gasteiger partial charge is 0.488 e. The van der Waals surface area contributed by atoms with Crippen molar-refractivity contribution in [3.63, 3.8) is 0 Å². The molecule has 0 aliphatic rings. The highest BCUT2D eigenvalue weighted by molar-refractivity contribution is 7.80. The SMILES string of the molecule is CCOCC(C)Oc1ccc(C(N)=S)c(C)c1. The van der Waals surface area contributed by atoms with Crippen LogP contribution in [0, 0.1) is 6.92 Å². The summed E-state index contributed by atoms with van der Waals surface area (Å²) < 4.78 is 11.0. The van der Waals surface area contributed by atoms with E-state index in [0.29, 0.717) is 18.2 Å².